The van der Waals surface area contributed by atoms with Crippen LogP contribution in [0.15, 0.2) is 36.6 Å². The molecule has 0 saturated carbocycles. The maximum atomic E-state index is 10.8. The summed E-state index contributed by atoms with van der Waals surface area (Å²) in [6.45, 7) is 6.87. The molecule has 11 heavy (non-hydrogen) atoms. The van der Waals surface area contributed by atoms with Crippen LogP contribution < -0.4 is 5.32 Å². The maximum Gasteiger partial charge on any atom is 0.296 e. The lowest BCUT2D eigenvalue weighted by atomic mass is 10.2. The molecule has 3 nitrogen and oxygen atoms in total. The van der Waals surface area contributed by atoms with E-state index in [0.717, 1.165) is 0 Å². The van der Waals surface area contributed by atoms with Gasteiger partial charge < -0.3 is 5.32 Å². The topological polar surface area (TPSA) is 46.2 Å². The summed E-state index contributed by atoms with van der Waals surface area (Å²) in [5, 5.41) is 2.36. The van der Waals surface area contributed by atoms with Crippen molar-refractivity contribution >= 4 is 11.7 Å². The molecule has 1 amide bonds. The maximum absolute atomic E-state index is 10.8. The van der Waals surface area contributed by atoms with Crippen molar-refractivity contribution < 1.29 is 9.59 Å². The fraction of sp³-hybridized carbons (Fsp3) is 0. The summed E-state index contributed by atoms with van der Waals surface area (Å²) in [5.41, 5.74) is 0.643. The molecule has 1 aliphatic rings. The number of carbonyl (C=O) groups excluding carboxylic acids is 2. The summed E-state index contributed by atoms with van der Waals surface area (Å²) in [5.74, 6) is -1.19. The molecular formula is C8H7NO2. The third kappa shape index (κ3) is 1.12. The molecule has 0 radical (unpaired) electrons. The Morgan fingerprint density at radius 3 is 2.36 bits per heavy atom. The fourth-order valence-electron chi connectivity index (χ4n) is 0.774. The Kier molecular flexibility index (Phi) is 1.72. The van der Waals surface area contributed by atoms with Crippen molar-refractivity contribution in [1.29, 1.82) is 0 Å². The smallest absolute Gasteiger partial charge is 0.296 e. The number of rotatable bonds is 1. The van der Waals surface area contributed by atoms with Crippen LogP contribution in [0.4, 0.5) is 0 Å². The van der Waals surface area contributed by atoms with Crippen molar-refractivity contribution in [3.8, 4) is 0 Å². The van der Waals surface area contributed by atoms with Gasteiger partial charge in [-0.3, -0.25) is 9.59 Å². The first-order chi connectivity index (χ1) is 5.16. The van der Waals surface area contributed by atoms with E-state index < -0.39 is 11.7 Å². The SMILES string of the molecule is C=C/C=C1/NC(=O)C(=O)C1=C. The van der Waals surface area contributed by atoms with Crippen LogP contribution in [0.3, 0.4) is 0 Å². The summed E-state index contributed by atoms with van der Waals surface area (Å²) < 4.78 is 0. The second-order valence-electron chi connectivity index (χ2n) is 2.08. The number of amides is 1. The molecule has 1 N–H and O–H groups in total. The molecule has 1 heterocycles. The van der Waals surface area contributed by atoms with Gasteiger partial charge in [-0.15, -0.1) is 0 Å². The molecule has 0 unspecified atom stereocenters. The van der Waals surface area contributed by atoms with Gasteiger partial charge in [0.1, 0.15) is 0 Å². The Balaban J connectivity index is 3.01. The van der Waals surface area contributed by atoms with E-state index >= 15 is 0 Å². The number of hydrogen-bond donors (Lipinski definition) is 1. The van der Waals surface area contributed by atoms with Crippen LogP contribution in [-0.2, 0) is 9.59 Å². The number of nitrogens with one attached hydrogen (secondary N) is 1. The minimum Gasteiger partial charge on any atom is -0.318 e. The first-order valence-electron chi connectivity index (χ1n) is 3.04. The lowest BCUT2D eigenvalue weighted by Crippen LogP contribution is -2.17. The second-order valence-corrected chi connectivity index (χ2v) is 2.08. The average molecular weight is 149 g/mol. The molecular weight excluding hydrogens is 142 g/mol. The summed E-state index contributed by atoms with van der Waals surface area (Å²) in [4.78, 5) is 21.5. The first-order valence-corrected chi connectivity index (χ1v) is 3.04. The Morgan fingerprint density at radius 2 is 2.00 bits per heavy atom. The van der Waals surface area contributed by atoms with Gasteiger partial charge in [-0.25, -0.2) is 0 Å². The molecule has 1 saturated heterocycles. The molecule has 0 aromatic heterocycles. The molecule has 1 rings (SSSR count). The van der Waals surface area contributed by atoms with Gasteiger partial charge >= 0.3 is 0 Å². The van der Waals surface area contributed by atoms with Crippen LogP contribution in [0.25, 0.3) is 0 Å². The van der Waals surface area contributed by atoms with Gasteiger partial charge in [-0.1, -0.05) is 19.2 Å². The lowest BCUT2D eigenvalue weighted by Gasteiger charge is -1.91. The predicted octanol–water partition coefficient (Wildman–Crippen LogP) is 0.311. The van der Waals surface area contributed by atoms with Crippen molar-refractivity contribution in [3.63, 3.8) is 0 Å². The van der Waals surface area contributed by atoms with Gasteiger partial charge in [-0.05, 0) is 6.08 Å². The number of ketones is 1. The van der Waals surface area contributed by atoms with Gasteiger partial charge in [0.05, 0.1) is 5.70 Å². The quantitative estimate of drug-likeness (QED) is 0.431. The highest BCUT2D eigenvalue weighted by Crippen LogP contribution is 2.12. The van der Waals surface area contributed by atoms with E-state index in [1.165, 1.54) is 12.2 Å². The zero-order chi connectivity index (χ0) is 8.43. The van der Waals surface area contributed by atoms with Crippen LogP contribution in [0.2, 0.25) is 0 Å². The summed E-state index contributed by atoms with van der Waals surface area (Å²) in [6.07, 6.45) is 3.02. The highest BCUT2D eigenvalue weighted by atomic mass is 16.2. The zero-order valence-electron chi connectivity index (χ0n) is 5.89. The zero-order valence-corrected chi connectivity index (χ0v) is 5.89. The third-order valence-electron chi connectivity index (χ3n) is 1.34. The minimum absolute atomic E-state index is 0.204. The van der Waals surface area contributed by atoms with Gasteiger partial charge in [0.2, 0.25) is 0 Å². The van der Waals surface area contributed by atoms with E-state index in [0.29, 0.717) is 5.70 Å². The molecule has 0 atom stereocenters. The summed E-state index contributed by atoms with van der Waals surface area (Å²) in [7, 11) is 0. The van der Waals surface area contributed by atoms with Crippen molar-refractivity contribution in [2.75, 3.05) is 0 Å². The molecule has 56 valence electrons. The number of allylic oxidation sites excluding steroid dienone is 3. The van der Waals surface area contributed by atoms with E-state index in [4.69, 9.17) is 0 Å². The molecule has 0 bridgehead atoms. The van der Waals surface area contributed by atoms with Gasteiger partial charge in [0.15, 0.2) is 0 Å². The van der Waals surface area contributed by atoms with Crippen molar-refractivity contribution in [2.24, 2.45) is 0 Å². The van der Waals surface area contributed by atoms with E-state index in [-0.39, 0.29) is 5.57 Å². The van der Waals surface area contributed by atoms with E-state index in [1.54, 1.807) is 0 Å². The van der Waals surface area contributed by atoms with E-state index in [2.05, 4.69) is 18.5 Å². The highest BCUT2D eigenvalue weighted by Gasteiger charge is 2.28. The number of Topliss-reactive ketones (excluding diaryl/α,β-unsaturated/α-hetero) is 1. The van der Waals surface area contributed by atoms with E-state index in [9.17, 15) is 9.59 Å². The molecule has 3 heteroatoms. The molecule has 0 aliphatic carbocycles. The average Bonchev–Trinajstić information content (AvgIpc) is 2.19. The molecule has 0 aromatic carbocycles. The third-order valence-corrected chi connectivity index (χ3v) is 1.34. The Morgan fingerprint density at radius 1 is 1.36 bits per heavy atom. The fourth-order valence-corrected chi connectivity index (χ4v) is 0.774. The standard InChI is InChI=1S/C8H7NO2/c1-3-4-6-5(2)7(10)8(11)9-6/h3-4H,1-2H2,(H,9,11)/b6-4+. The van der Waals surface area contributed by atoms with Crippen LogP contribution in [0, 0.1) is 0 Å². The Labute approximate surface area is 64.1 Å². The normalized spacial score (nSPS) is 20.7. The predicted molar refractivity (Wildman–Crippen MR) is 40.6 cm³/mol. The molecule has 1 fully saturated rings. The molecule has 0 aromatic rings. The minimum atomic E-state index is -0.622. The molecule has 1 aliphatic heterocycles. The molecule has 0 spiro atoms. The summed E-state index contributed by atoms with van der Waals surface area (Å²) in [6, 6.07) is 0. The van der Waals surface area contributed by atoms with Gasteiger partial charge in [0, 0.05) is 5.57 Å². The summed E-state index contributed by atoms with van der Waals surface area (Å²) >= 11 is 0. The van der Waals surface area contributed by atoms with Gasteiger partial charge in [-0.2, -0.15) is 0 Å². The van der Waals surface area contributed by atoms with Crippen LogP contribution >= 0.6 is 0 Å². The van der Waals surface area contributed by atoms with Crippen LogP contribution in [0.1, 0.15) is 0 Å². The number of carbonyl (C=O) groups is 2. The highest BCUT2D eigenvalue weighted by molar-refractivity contribution is 6.47. The number of hydrogen-bond acceptors (Lipinski definition) is 2. The lowest BCUT2D eigenvalue weighted by molar-refractivity contribution is -0.133. The Hall–Kier alpha value is -1.64. The Bertz CT molecular complexity index is 286. The largest absolute Gasteiger partial charge is 0.318 e. The van der Waals surface area contributed by atoms with Gasteiger partial charge in [0.25, 0.3) is 11.7 Å². The van der Waals surface area contributed by atoms with E-state index in [1.807, 2.05) is 0 Å². The van der Waals surface area contributed by atoms with Crippen molar-refractivity contribution in [1.82, 2.24) is 5.32 Å². The second kappa shape index (κ2) is 2.54. The van der Waals surface area contributed by atoms with Crippen LogP contribution in [0.5, 0.6) is 0 Å². The monoisotopic (exact) mass is 149 g/mol. The van der Waals surface area contributed by atoms with Crippen molar-refractivity contribution in [3.05, 3.63) is 36.6 Å². The first kappa shape index (κ1) is 7.47. The van der Waals surface area contributed by atoms with Crippen LogP contribution in [-0.4, -0.2) is 11.7 Å². The van der Waals surface area contributed by atoms with Crippen molar-refractivity contribution in [2.45, 2.75) is 0 Å².